The van der Waals surface area contributed by atoms with Crippen LogP contribution in [-0.4, -0.2) is 110 Å². The number of nitrogens with one attached hydrogen (secondary N) is 6. The van der Waals surface area contributed by atoms with Crippen LogP contribution in [0.4, 0.5) is 0 Å². The van der Waals surface area contributed by atoms with Gasteiger partial charge in [0.25, 0.3) is 6.48 Å². The van der Waals surface area contributed by atoms with Crippen LogP contribution in [0.15, 0.2) is 49.6 Å². The van der Waals surface area contributed by atoms with E-state index in [9.17, 15) is 0 Å². The third-order valence-corrected chi connectivity index (χ3v) is 7.58. The van der Waals surface area contributed by atoms with Gasteiger partial charge < -0.3 is 60.5 Å². The van der Waals surface area contributed by atoms with Gasteiger partial charge in [0.2, 0.25) is 0 Å². The van der Waals surface area contributed by atoms with Gasteiger partial charge in [0.1, 0.15) is 34.6 Å². The van der Waals surface area contributed by atoms with Crippen LogP contribution in [0.1, 0.15) is 34.6 Å². The average Bonchev–Trinajstić information content (AvgIpc) is 3.78. The van der Waals surface area contributed by atoms with Gasteiger partial charge >= 0.3 is 0 Å². The Morgan fingerprint density at radius 1 is 0.404 bits per heavy atom. The van der Waals surface area contributed by atoms with Crippen molar-refractivity contribution in [1.82, 2.24) is 41.7 Å². The average molecular weight is 751 g/mol. The molecule has 0 saturated heterocycles. The fourth-order valence-electron chi connectivity index (χ4n) is 5.20. The van der Waals surface area contributed by atoms with Crippen molar-refractivity contribution >= 4 is 0 Å². The molecule has 8 bridgehead atoms. The van der Waals surface area contributed by atoms with E-state index in [0.29, 0.717) is 0 Å². The van der Waals surface area contributed by atoms with Gasteiger partial charge in [-0.2, -0.15) is 0 Å². The van der Waals surface area contributed by atoms with Crippen LogP contribution in [0.5, 0.6) is 0 Å². The van der Waals surface area contributed by atoms with E-state index in [1.54, 1.807) is 0 Å². The Bertz CT molecular complexity index is 976. The number of fused-ring (bicyclic) bond motifs is 18. The summed E-state index contributed by atoms with van der Waals surface area (Å²) in [6.07, 6.45) is 0. The number of hydrogen-bond donors (Lipinski definition) is 9. The molecular weight excluding hydrogens is 698 g/mol. The van der Waals surface area contributed by atoms with Crippen molar-refractivity contribution in [3.8, 4) is 0 Å². The molecule has 3 aromatic rings. The first kappa shape index (κ1) is 41.6. The molecular formula is C31H52Co2N8O6. The fourth-order valence-corrected chi connectivity index (χ4v) is 5.20. The van der Waals surface area contributed by atoms with E-state index in [4.69, 9.17) is 28.6 Å². The molecule has 0 saturated carbocycles. The van der Waals surface area contributed by atoms with E-state index < -0.39 is 6.48 Å². The zero-order valence-electron chi connectivity index (χ0n) is 26.9. The Morgan fingerprint density at radius 3 is 0.745 bits per heavy atom. The van der Waals surface area contributed by atoms with E-state index in [1.165, 1.54) is 0 Å². The largest absolute Gasteiger partial charge is 0.463 e. The van der Waals surface area contributed by atoms with E-state index in [-0.39, 0.29) is 33.6 Å². The molecule has 6 rings (SSSR count). The molecule has 3 aromatic heterocycles. The summed E-state index contributed by atoms with van der Waals surface area (Å²) in [6, 6.07) is 12.5. The van der Waals surface area contributed by atoms with Gasteiger partial charge in [0.15, 0.2) is 0 Å². The van der Waals surface area contributed by atoms with Crippen molar-refractivity contribution in [3.63, 3.8) is 0 Å². The van der Waals surface area contributed by atoms with Crippen LogP contribution >= 0.6 is 0 Å². The molecule has 3 aliphatic rings. The van der Waals surface area contributed by atoms with Crippen LogP contribution in [0, 0.1) is 0 Å². The zero-order valence-corrected chi connectivity index (χ0v) is 29.0. The predicted octanol–water partition coefficient (Wildman–Crippen LogP) is -0.723. The number of hydrogen-bond acceptors (Lipinski definition) is 14. The monoisotopic (exact) mass is 750 g/mol. The maximum absolute atomic E-state index is 7.17. The molecule has 3 aliphatic heterocycles. The van der Waals surface area contributed by atoms with Crippen LogP contribution in [0.2, 0.25) is 0 Å². The first-order chi connectivity index (χ1) is 22.0. The van der Waals surface area contributed by atoms with Gasteiger partial charge in [-0.3, -0.25) is 9.80 Å². The molecule has 2 radical (unpaired) electrons. The second-order valence-electron chi connectivity index (χ2n) is 11.2. The molecule has 6 heterocycles. The minimum Gasteiger partial charge on any atom is -0.463 e. The summed E-state index contributed by atoms with van der Waals surface area (Å²) in [6.45, 7) is 13.4. The van der Waals surface area contributed by atoms with Gasteiger partial charge in [0, 0.05) is 112 Å². The topological polar surface area (TPSA) is 179 Å². The molecule has 270 valence electrons. The Morgan fingerprint density at radius 2 is 0.574 bits per heavy atom. The Kier molecular flexibility index (Phi) is 21.7. The van der Waals surface area contributed by atoms with Crippen LogP contribution in [-0.2, 0) is 72.8 Å². The summed E-state index contributed by atoms with van der Waals surface area (Å²) in [5.74, 6) is 5.89. The molecule has 0 fully saturated rings. The summed E-state index contributed by atoms with van der Waals surface area (Å²) in [7, 11) is 0. The second kappa shape index (κ2) is 24.5. The smallest absolute Gasteiger partial charge is 0.263 e. The Balaban J connectivity index is 0.00000121. The minimum atomic E-state index is -2.17. The van der Waals surface area contributed by atoms with E-state index in [0.717, 1.165) is 152 Å². The van der Waals surface area contributed by atoms with Gasteiger partial charge in [-0.25, -0.2) is 0 Å². The number of aliphatic hydroxyl groups is 3. The maximum Gasteiger partial charge on any atom is 0.263 e. The molecule has 9 N–H and O–H groups in total. The van der Waals surface area contributed by atoms with Crippen molar-refractivity contribution in [3.05, 3.63) is 71.0 Å². The van der Waals surface area contributed by atoms with Crippen molar-refractivity contribution in [1.29, 1.82) is 0 Å². The van der Waals surface area contributed by atoms with E-state index in [1.807, 2.05) is 0 Å². The molecule has 0 aromatic carbocycles. The molecule has 14 nitrogen and oxygen atoms in total. The summed E-state index contributed by atoms with van der Waals surface area (Å²) in [5, 5.41) is 42.9. The van der Waals surface area contributed by atoms with Crippen LogP contribution < -0.4 is 31.9 Å². The summed E-state index contributed by atoms with van der Waals surface area (Å²) >= 11 is 0. The summed E-state index contributed by atoms with van der Waals surface area (Å²) in [4.78, 5) is 4.97. The number of nitrogens with zero attached hydrogens (tertiary/aromatic N) is 2. The first-order valence-corrected chi connectivity index (χ1v) is 16.0. The van der Waals surface area contributed by atoms with Gasteiger partial charge in [-0.15, -0.1) is 0 Å². The Labute approximate surface area is 298 Å². The minimum absolute atomic E-state index is 0. The molecule has 16 heteroatoms. The third-order valence-electron chi connectivity index (χ3n) is 7.58. The third kappa shape index (κ3) is 17.6. The molecule has 47 heavy (non-hydrogen) atoms. The van der Waals surface area contributed by atoms with Crippen molar-refractivity contribution < 1.29 is 62.1 Å². The predicted molar refractivity (Wildman–Crippen MR) is 170 cm³/mol. The fraction of sp³-hybridized carbons (Fsp3) is 0.613. The number of furan rings is 3. The van der Waals surface area contributed by atoms with Crippen LogP contribution in [0.25, 0.3) is 0 Å². The van der Waals surface area contributed by atoms with E-state index in [2.05, 4.69) is 78.1 Å². The number of rotatable bonds is 0. The summed E-state index contributed by atoms with van der Waals surface area (Å²) in [5.41, 5.74) is 0. The molecule has 0 aliphatic carbocycles. The number of aliphatic hydroxyl groups excluding tert-OH is 1. The van der Waals surface area contributed by atoms with Crippen molar-refractivity contribution in [2.45, 2.75) is 45.7 Å². The molecule has 0 atom stereocenters. The zero-order chi connectivity index (χ0) is 31.5. The summed E-state index contributed by atoms with van der Waals surface area (Å²) < 4.78 is 18.2. The standard InChI is InChI=1S/C30H48N8O3.CH4O3.2Co/c1-2-26-20-32-8-14-38-17-11-35-23-29-5-3-27(40-29)21-33-9-15-37(13-7-31-19-25(1)39-26)16-10-34-22-28-4-6-30(41-28)24-36-12-18-38;2-1(3)4;;/h1-6,31-36H,7-24H2;1-4H;;. The van der Waals surface area contributed by atoms with Crippen LogP contribution in [0.3, 0.4) is 0 Å². The normalized spacial score (nSPS) is 21.4. The van der Waals surface area contributed by atoms with Crippen molar-refractivity contribution in [2.75, 3.05) is 78.5 Å². The quantitative estimate of drug-likeness (QED) is 0.132. The van der Waals surface area contributed by atoms with Gasteiger partial charge in [-0.1, -0.05) is 0 Å². The molecule has 0 unspecified atom stereocenters. The Hall–Kier alpha value is -1.59. The maximum atomic E-state index is 7.17. The second-order valence-corrected chi connectivity index (χ2v) is 11.2. The molecule has 0 amide bonds. The van der Waals surface area contributed by atoms with E-state index >= 15 is 0 Å². The SMILES string of the molecule is OC(O)O.[Co].[Co].c1cc2oc1CNCCN1CCNCc3ccc(o3)CNCCN(CCNC2)CCNCc2ccc(o2)CNCC1. The van der Waals surface area contributed by atoms with Gasteiger partial charge in [-0.05, 0) is 36.4 Å². The van der Waals surface area contributed by atoms with Crippen molar-refractivity contribution in [2.24, 2.45) is 0 Å². The molecule has 0 spiro atoms. The van der Waals surface area contributed by atoms with Gasteiger partial charge in [0.05, 0.1) is 39.3 Å². The first-order valence-electron chi connectivity index (χ1n) is 16.0.